The van der Waals surface area contributed by atoms with E-state index in [9.17, 15) is 19.7 Å². The van der Waals surface area contributed by atoms with Crippen LogP contribution in [0, 0.1) is 21.4 Å². The van der Waals surface area contributed by atoms with Gasteiger partial charge in [0.25, 0.3) is 0 Å². The Labute approximate surface area is 171 Å². The number of ether oxygens (including phenoxy) is 2. The van der Waals surface area contributed by atoms with Crippen LogP contribution in [0.2, 0.25) is 0 Å². The summed E-state index contributed by atoms with van der Waals surface area (Å²) < 4.78 is 10.6. The summed E-state index contributed by atoms with van der Waals surface area (Å²) in [4.78, 5) is 35.8. The Hall–Kier alpha value is -2.36. The second-order valence-corrected chi connectivity index (χ2v) is 8.61. The number of carbonyl (C=O) groups excluding carboxylic acids is 2. The number of nitrogens with zero attached hydrogens (tertiary/aromatic N) is 2. The number of hydrogen-bond acceptors (Lipinski definition) is 6. The van der Waals surface area contributed by atoms with Gasteiger partial charge in [-0.2, -0.15) is 0 Å². The average molecular weight is 458 g/mol. The van der Waals surface area contributed by atoms with Crippen LogP contribution in [0.3, 0.4) is 0 Å². The summed E-state index contributed by atoms with van der Waals surface area (Å²) in [6, 6.07) is 2.54. The molecule has 2 rings (SSSR count). The smallest absolute Gasteiger partial charge is 0.409 e. The van der Waals surface area contributed by atoms with E-state index in [1.807, 2.05) is 20.8 Å². The maximum Gasteiger partial charge on any atom is 0.409 e. The van der Waals surface area contributed by atoms with Crippen LogP contribution < -0.4 is 10.5 Å². The van der Waals surface area contributed by atoms with Crippen LogP contribution in [0.1, 0.15) is 37.6 Å². The monoisotopic (exact) mass is 457 g/mol. The predicted octanol–water partition coefficient (Wildman–Crippen LogP) is 3.34. The van der Waals surface area contributed by atoms with Gasteiger partial charge in [-0.05, 0) is 33.8 Å². The van der Waals surface area contributed by atoms with Crippen molar-refractivity contribution in [1.29, 1.82) is 0 Å². The van der Waals surface area contributed by atoms with Gasteiger partial charge in [-0.15, -0.1) is 0 Å². The molecule has 0 radical (unpaired) electrons. The molecule has 1 saturated heterocycles. The molecule has 1 fully saturated rings. The summed E-state index contributed by atoms with van der Waals surface area (Å²) >= 11 is 3.09. The zero-order valence-corrected chi connectivity index (χ0v) is 17.8. The lowest BCUT2D eigenvalue weighted by atomic mass is 9.71. The highest BCUT2D eigenvalue weighted by Gasteiger charge is 2.48. The first kappa shape index (κ1) is 21.9. The summed E-state index contributed by atoms with van der Waals surface area (Å²) in [5.41, 5.74) is 4.97. The van der Waals surface area contributed by atoms with Crippen molar-refractivity contribution in [3.8, 4) is 5.75 Å². The molecule has 2 atom stereocenters. The molecule has 1 aliphatic heterocycles. The van der Waals surface area contributed by atoms with Gasteiger partial charge >= 0.3 is 11.8 Å². The van der Waals surface area contributed by atoms with Gasteiger partial charge in [0, 0.05) is 30.1 Å². The minimum atomic E-state index is -0.707. The Kier molecular flexibility index (Phi) is 6.53. The second-order valence-electron chi connectivity index (χ2n) is 7.76. The molecule has 1 aromatic rings. The number of nitro benzene ring substituents is 1. The molecule has 10 heteroatoms. The van der Waals surface area contributed by atoms with Gasteiger partial charge < -0.3 is 20.1 Å². The van der Waals surface area contributed by atoms with E-state index in [0.29, 0.717) is 13.0 Å². The quantitative estimate of drug-likeness (QED) is 0.515. The maximum absolute atomic E-state index is 11.9. The summed E-state index contributed by atoms with van der Waals surface area (Å²) in [5.74, 6) is -0.563. The minimum Gasteiger partial charge on any atom is -0.487 e. The van der Waals surface area contributed by atoms with E-state index in [-0.39, 0.29) is 51.5 Å². The second kappa shape index (κ2) is 8.34. The van der Waals surface area contributed by atoms with Crippen LogP contribution in [0.25, 0.3) is 0 Å². The normalized spacial score (nSPS) is 19.0. The Morgan fingerprint density at radius 1 is 1.39 bits per heavy atom. The molecule has 28 heavy (non-hydrogen) atoms. The van der Waals surface area contributed by atoms with Gasteiger partial charge in [-0.3, -0.25) is 14.9 Å². The number of rotatable bonds is 6. The molecule has 2 amide bonds. The lowest BCUT2D eigenvalue weighted by molar-refractivity contribution is -0.386. The molecule has 1 aromatic carbocycles. The van der Waals surface area contributed by atoms with Gasteiger partial charge in [0.15, 0.2) is 5.75 Å². The van der Waals surface area contributed by atoms with E-state index in [4.69, 9.17) is 15.2 Å². The number of halogens is 1. The zero-order valence-electron chi connectivity index (χ0n) is 16.2. The predicted molar refractivity (Wildman–Crippen MR) is 105 cm³/mol. The van der Waals surface area contributed by atoms with E-state index < -0.39 is 10.8 Å². The first-order valence-electron chi connectivity index (χ1n) is 8.72. The first-order chi connectivity index (χ1) is 13.0. The highest BCUT2D eigenvalue weighted by Crippen LogP contribution is 2.41. The van der Waals surface area contributed by atoms with E-state index >= 15 is 0 Å². The summed E-state index contributed by atoms with van der Waals surface area (Å²) in [6.07, 6.45) is 0.219. The highest BCUT2D eigenvalue weighted by molar-refractivity contribution is 9.10. The number of benzene rings is 1. The fraction of sp³-hybridized carbons (Fsp3) is 0.556. The van der Waals surface area contributed by atoms with E-state index in [2.05, 4.69) is 15.9 Å². The number of amides is 2. The van der Waals surface area contributed by atoms with Gasteiger partial charge in [-0.25, -0.2) is 4.79 Å². The number of primary amides is 1. The summed E-state index contributed by atoms with van der Waals surface area (Å²) in [5, 5.41) is 11.3. The molecular weight excluding hydrogens is 434 g/mol. The van der Waals surface area contributed by atoms with Crippen molar-refractivity contribution < 1.29 is 24.0 Å². The molecule has 9 nitrogen and oxygen atoms in total. The van der Waals surface area contributed by atoms with Gasteiger partial charge in [0.2, 0.25) is 5.91 Å². The van der Waals surface area contributed by atoms with Crippen molar-refractivity contribution in [1.82, 2.24) is 4.90 Å². The topological polar surface area (TPSA) is 125 Å². The van der Waals surface area contributed by atoms with Gasteiger partial charge in [0.05, 0.1) is 18.6 Å². The standard InChI is InChI=1S/C18H24BrN3O6/c1-18(2,3)15-10(9-21(15)17(24)27-4)5-6-28-13-8-11(16(20)23)7-12(19)14(13)22(25)26/h7-8,10,15H,5-6,9H2,1-4H3,(H2,20,23). The Balaban J connectivity index is 2.12. The Morgan fingerprint density at radius 2 is 2.04 bits per heavy atom. The van der Waals surface area contributed by atoms with Crippen molar-refractivity contribution in [2.24, 2.45) is 17.1 Å². The molecule has 1 aliphatic rings. The van der Waals surface area contributed by atoms with Crippen LogP contribution in [0.4, 0.5) is 10.5 Å². The summed E-state index contributed by atoms with van der Waals surface area (Å²) in [7, 11) is 1.35. The van der Waals surface area contributed by atoms with Crippen molar-refractivity contribution in [2.75, 3.05) is 20.3 Å². The van der Waals surface area contributed by atoms with Crippen molar-refractivity contribution in [3.05, 3.63) is 32.3 Å². The largest absolute Gasteiger partial charge is 0.487 e. The first-order valence-corrected chi connectivity index (χ1v) is 9.51. The van der Waals surface area contributed by atoms with Crippen LogP contribution >= 0.6 is 15.9 Å². The van der Waals surface area contributed by atoms with Crippen molar-refractivity contribution in [2.45, 2.75) is 33.2 Å². The lowest BCUT2D eigenvalue weighted by Crippen LogP contribution is -2.63. The zero-order chi connectivity index (χ0) is 21.2. The fourth-order valence-electron chi connectivity index (χ4n) is 3.64. The van der Waals surface area contributed by atoms with Crippen LogP contribution in [-0.2, 0) is 4.74 Å². The molecule has 154 valence electrons. The molecular formula is C18H24BrN3O6. The molecule has 1 heterocycles. The van der Waals surface area contributed by atoms with Crippen LogP contribution in [0.5, 0.6) is 5.75 Å². The molecule has 0 aliphatic carbocycles. The fourth-order valence-corrected chi connectivity index (χ4v) is 4.22. The molecule has 0 aromatic heterocycles. The van der Waals surface area contributed by atoms with Gasteiger partial charge in [-0.1, -0.05) is 20.8 Å². The van der Waals surface area contributed by atoms with E-state index in [0.717, 1.165) is 0 Å². The number of methoxy groups -OCH3 is 1. The molecule has 0 saturated carbocycles. The number of likely N-dealkylation sites (tertiary alicyclic amines) is 1. The lowest BCUT2D eigenvalue weighted by Gasteiger charge is -2.53. The molecule has 0 bridgehead atoms. The summed E-state index contributed by atoms with van der Waals surface area (Å²) in [6.45, 7) is 6.85. The number of hydrogen-bond donors (Lipinski definition) is 1. The minimum absolute atomic E-state index is 0.0235. The van der Waals surface area contributed by atoms with Crippen molar-refractivity contribution >= 4 is 33.6 Å². The van der Waals surface area contributed by atoms with Crippen LogP contribution in [-0.4, -0.2) is 48.1 Å². The molecule has 2 unspecified atom stereocenters. The maximum atomic E-state index is 11.9. The number of nitro groups is 1. The third-order valence-electron chi connectivity index (χ3n) is 4.75. The Bertz CT molecular complexity index is 792. The number of nitrogens with two attached hydrogens (primary N) is 1. The third-order valence-corrected chi connectivity index (χ3v) is 5.36. The highest BCUT2D eigenvalue weighted by atomic mass is 79.9. The Morgan fingerprint density at radius 3 is 2.54 bits per heavy atom. The number of carbonyl (C=O) groups is 2. The third kappa shape index (κ3) is 4.54. The van der Waals surface area contributed by atoms with Crippen LogP contribution in [0.15, 0.2) is 16.6 Å². The average Bonchev–Trinajstić information content (AvgIpc) is 2.54. The van der Waals surface area contributed by atoms with Crippen molar-refractivity contribution in [3.63, 3.8) is 0 Å². The van der Waals surface area contributed by atoms with E-state index in [1.54, 1.807) is 4.90 Å². The SMILES string of the molecule is COC(=O)N1CC(CCOc2cc(C(N)=O)cc(Br)c2[N+](=O)[O-])C1C(C)(C)C. The molecule has 2 N–H and O–H groups in total. The van der Waals surface area contributed by atoms with Gasteiger partial charge in [0.1, 0.15) is 4.47 Å². The molecule has 0 spiro atoms. The van der Waals surface area contributed by atoms with E-state index in [1.165, 1.54) is 19.2 Å².